The van der Waals surface area contributed by atoms with Gasteiger partial charge in [-0.1, -0.05) is 0 Å². The van der Waals surface area contributed by atoms with Crippen LogP contribution in [0.1, 0.15) is 12.8 Å². The fraction of sp³-hybridized carbons (Fsp3) is 0.333. The fourth-order valence-corrected chi connectivity index (χ4v) is 0.958. The van der Waals surface area contributed by atoms with Gasteiger partial charge in [-0.15, -0.1) is 12.4 Å². The zero-order chi connectivity index (χ0) is 12.2. The summed E-state index contributed by atoms with van der Waals surface area (Å²) >= 11 is 0. The number of nitrogens with one attached hydrogen (secondary N) is 1. The number of anilines is 2. The summed E-state index contributed by atoms with van der Waals surface area (Å²) in [5, 5.41) is 2.28. The quantitative estimate of drug-likeness (QED) is 0.885. The molecule has 1 heterocycles. The highest BCUT2D eigenvalue weighted by Crippen LogP contribution is 2.21. The molecule has 0 spiro atoms. The molecule has 1 amide bonds. The number of pyridine rings is 1. The second-order valence-electron chi connectivity index (χ2n) is 3.14. The van der Waals surface area contributed by atoms with Gasteiger partial charge < -0.3 is 11.1 Å². The van der Waals surface area contributed by atoms with Crippen molar-refractivity contribution >= 4 is 29.8 Å². The molecule has 0 unspecified atom stereocenters. The van der Waals surface area contributed by atoms with Crippen LogP contribution in [0.2, 0.25) is 0 Å². The molecule has 1 rings (SSSR count). The van der Waals surface area contributed by atoms with Crippen molar-refractivity contribution in [2.75, 3.05) is 11.1 Å². The lowest BCUT2D eigenvalue weighted by molar-refractivity contribution is -0.142. The second-order valence-corrected chi connectivity index (χ2v) is 3.14. The largest absolute Gasteiger partial charge is 0.389 e. The van der Waals surface area contributed by atoms with Crippen molar-refractivity contribution in [1.29, 1.82) is 0 Å². The van der Waals surface area contributed by atoms with Gasteiger partial charge in [0.2, 0.25) is 5.91 Å². The van der Waals surface area contributed by atoms with Gasteiger partial charge in [-0.2, -0.15) is 13.2 Å². The number of nitrogens with two attached hydrogens (primary N) is 1. The highest BCUT2D eigenvalue weighted by molar-refractivity contribution is 5.90. The van der Waals surface area contributed by atoms with Crippen molar-refractivity contribution in [2.45, 2.75) is 19.0 Å². The Morgan fingerprint density at radius 1 is 1.41 bits per heavy atom. The lowest BCUT2D eigenvalue weighted by Crippen LogP contribution is -2.16. The summed E-state index contributed by atoms with van der Waals surface area (Å²) in [6.07, 6.45) is -4.79. The van der Waals surface area contributed by atoms with Crippen LogP contribution in [0.5, 0.6) is 0 Å². The van der Waals surface area contributed by atoms with Gasteiger partial charge in [0.05, 0.1) is 18.3 Å². The van der Waals surface area contributed by atoms with Crippen LogP contribution in [0.25, 0.3) is 0 Å². The molecule has 17 heavy (non-hydrogen) atoms. The van der Waals surface area contributed by atoms with E-state index in [0.29, 0.717) is 5.69 Å². The maximum atomic E-state index is 11.8. The second kappa shape index (κ2) is 6.29. The van der Waals surface area contributed by atoms with Gasteiger partial charge in [0.25, 0.3) is 0 Å². The van der Waals surface area contributed by atoms with Crippen molar-refractivity contribution in [3.8, 4) is 0 Å². The number of rotatable bonds is 3. The summed E-state index contributed by atoms with van der Waals surface area (Å²) in [5.74, 6) is -0.433. The summed E-state index contributed by atoms with van der Waals surface area (Å²) < 4.78 is 35.4. The van der Waals surface area contributed by atoms with Crippen molar-refractivity contribution < 1.29 is 18.0 Å². The van der Waals surface area contributed by atoms with E-state index in [1.807, 2.05) is 0 Å². The number of halogens is 4. The molecule has 0 aliphatic carbocycles. The lowest BCUT2D eigenvalue weighted by Gasteiger charge is -2.07. The molecule has 0 atom stereocenters. The Morgan fingerprint density at radius 3 is 2.53 bits per heavy atom. The molecule has 1 aromatic heterocycles. The Balaban J connectivity index is 0.00000256. The Hall–Kier alpha value is -1.50. The molecule has 0 saturated heterocycles. The molecule has 4 nitrogen and oxygen atoms in total. The lowest BCUT2D eigenvalue weighted by atomic mass is 10.3. The summed E-state index contributed by atoms with van der Waals surface area (Å²) in [6.45, 7) is 0. The summed E-state index contributed by atoms with van der Waals surface area (Å²) in [7, 11) is 0. The topological polar surface area (TPSA) is 68.0 Å². The monoisotopic (exact) mass is 269 g/mol. The molecule has 0 aliphatic rings. The highest BCUT2D eigenvalue weighted by Gasteiger charge is 2.27. The molecule has 3 N–H and O–H groups in total. The fourth-order valence-electron chi connectivity index (χ4n) is 0.958. The Bertz CT molecular complexity index is 367. The van der Waals surface area contributed by atoms with Gasteiger partial charge in [-0.3, -0.25) is 4.79 Å². The number of carbonyl (C=O) groups is 1. The van der Waals surface area contributed by atoms with E-state index in [-0.39, 0.29) is 18.2 Å². The van der Waals surface area contributed by atoms with Crippen LogP contribution in [0.4, 0.5) is 24.7 Å². The molecule has 0 aromatic carbocycles. The standard InChI is InChI=1S/C9H10F3N3O.ClH/c10-9(11,12)4-3-8(16)15-6-1-2-7(13)14-5-6;/h1-2,5H,3-4H2,(H2,13,14)(H,15,16);1H. The third-order valence-corrected chi connectivity index (χ3v) is 1.71. The summed E-state index contributed by atoms with van der Waals surface area (Å²) in [5.41, 5.74) is 5.62. The minimum atomic E-state index is -4.32. The highest BCUT2D eigenvalue weighted by atomic mass is 35.5. The van der Waals surface area contributed by atoms with Gasteiger partial charge >= 0.3 is 6.18 Å². The average molecular weight is 270 g/mol. The maximum Gasteiger partial charge on any atom is 0.389 e. The van der Waals surface area contributed by atoms with Crippen molar-refractivity contribution in [2.24, 2.45) is 0 Å². The van der Waals surface area contributed by atoms with Crippen molar-refractivity contribution in [3.63, 3.8) is 0 Å². The van der Waals surface area contributed by atoms with Crippen LogP contribution in [0, 0.1) is 0 Å². The molecular weight excluding hydrogens is 259 g/mol. The molecule has 8 heteroatoms. The normalized spacial score (nSPS) is 10.5. The van der Waals surface area contributed by atoms with E-state index >= 15 is 0 Å². The van der Waals surface area contributed by atoms with Crippen LogP contribution in [0.3, 0.4) is 0 Å². The summed E-state index contributed by atoms with van der Waals surface area (Å²) in [6, 6.07) is 2.91. The first-order valence-corrected chi connectivity index (χ1v) is 4.45. The van der Waals surface area contributed by atoms with Gasteiger partial charge in [-0.25, -0.2) is 4.98 Å². The Morgan fingerprint density at radius 2 is 2.06 bits per heavy atom. The van der Waals surface area contributed by atoms with Gasteiger partial charge in [0, 0.05) is 6.42 Å². The van der Waals surface area contributed by atoms with Crippen LogP contribution < -0.4 is 11.1 Å². The molecular formula is C9H11ClF3N3O. The predicted molar refractivity (Wildman–Crippen MR) is 59.8 cm³/mol. The van der Waals surface area contributed by atoms with E-state index in [4.69, 9.17) is 5.73 Å². The SMILES string of the molecule is Cl.Nc1ccc(NC(=O)CCC(F)(F)F)cn1. The maximum absolute atomic E-state index is 11.8. The van der Waals surface area contributed by atoms with E-state index < -0.39 is 24.9 Å². The smallest absolute Gasteiger partial charge is 0.384 e. The van der Waals surface area contributed by atoms with E-state index in [0.717, 1.165) is 0 Å². The van der Waals surface area contributed by atoms with Crippen LogP contribution >= 0.6 is 12.4 Å². The van der Waals surface area contributed by atoms with E-state index in [1.165, 1.54) is 18.3 Å². The first kappa shape index (κ1) is 15.5. The number of nitrogens with zero attached hydrogens (tertiary/aromatic N) is 1. The third-order valence-electron chi connectivity index (χ3n) is 1.71. The number of nitrogen functional groups attached to an aromatic ring is 1. The predicted octanol–water partition coefficient (Wildman–Crippen LogP) is 2.37. The van der Waals surface area contributed by atoms with Crippen LogP contribution in [0.15, 0.2) is 18.3 Å². The van der Waals surface area contributed by atoms with Crippen molar-refractivity contribution in [1.82, 2.24) is 4.98 Å². The molecule has 0 saturated carbocycles. The van der Waals surface area contributed by atoms with Gasteiger partial charge in [0.15, 0.2) is 0 Å². The van der Waals surface area contributed by atoms with E-state index in [9.17, 15) is 18.0 Å². The van der Waals surface area contributed by atoms with Gasteiger partial charge in [0.1, 0.15) is 5.82 Å². The van der Waals surface area contributed by atoms with Gasteiger partial charge in [-0.05, 0) is 12.1 Å². The van der Waals surface area contributed by atoms with E-state index in [2.05, 4.69) is 10.3 Å². The van der Waals surface area contributed by atoms with Crippen molar-refractivity contribution in [3.05, 3.63) is 18.3 Å². The molecule has 0 bridgehead atoms. The number of carbonyl (C=O) groups excluding carboxylic acids is 1. The molecule has 0 aliphatic heterocycles. The first-order chi connectivity index (χ1) is 7.37. The minimum Gasteiger partial charge on any atom is -0.384 e. The van der Waals surface area contributed by atoms with E-state index in [1.54, 1.807) is 0 Å². The van der Waals surface area contributed by atoms with Crippen LogP contribution in [-0.2, 0) is 4.79 Å². The van der Waals surface area contributed by atoms with Crippen LogP contribution in [-0.4, -0.2) is 17.1 Å². The Kier molecular flexibility index (Phi) is 5.73. The summed E-state index contributed by atoms with van der Waals surface area (Å²) in [4.78, 5) is 14.8. The number of aromatic nitrogens is 1. The zero-order valence-electron chi connectivity index (χ0n) is 8.62. The average Bonchev–Trinajstić information content (AvgIpc) is 2.18. The zero-order valence-corrected chi connectivity index (χ0v) is 9.44. The number of hydrogen-bond acceptors (Lipinski definition) is 3. The molecule has 0 fully saturated rings. The first-order valence-electron chi connectivity index (χ1n) is 4.45. The number of hydrogen-bond donors (Lipinski definition) is 2. The third kappa shape index (κ3) is 6.62. The molecule has 96 valence electrons. The number of alkyl halides is 3. The minimum absolute atomic E-state index is 0. The molecule has 1 aromatic rings. The Labute approximate surface area is 102 Å². The molecule has 0 radical (unpaired) electrons. The number of amides is 1.